The summed E-state index contributed by atoms with van der Waals surface area (Å²) in [5.41, 5.74) is 0.972. The maximum absolute atomic E-state index is 10.9. The number of hydrogen-bond acceptors (Lipinski definition) is 4. The van der Waals surface area contributed by atoms with E-state index in [-0.39, 0.29) is 5.12 Å². The molecule has 1 rings (SSSR count). The third-order valence-electron chi connectivity index (χ3n) is 1.33. The minimum Gasteiger partial charge on any atom is -0.348 e. The molecule has 0 aliphatic rings. The molecule has 0 aliphatic carbocycles. The molecule has 5 heteroatoms. The molecule has 0 unspecified atom stereocenters. The molecule has 0 saturated heterocycles. The number of nitrogens with one attached hydrogen (secondary N) is 1. The van der Waals surface area contributed by atoms with Gasteiger partial charge in [-0.3, -0.25) is 4.79 Å². The lowest BCUT2D eigenvalue weighted by molar-refractivity contribution is -0.111. The van der Waals surface area contributed by atoms with Crippen molar-refractivity contribution in [2.45, 2.75) is 12.8 Å². The van der Waals surface area contributed by atoms with E-state index in [9.17, 15) is 4.79 Å². The fraction of sp³-hybridized carbons (Fsp3) is 0.429. The molecule has 0 atom stereocenters. The van der Waals surface area contributed by atoms with Gasteiger partial charge in [0.25, 0.3) is 0 Å². The number of aryl methyl sites for hydroxylation is 1. The first-order valence-electron chi connectivity index (χ1n) is 3.53. The van der Waals surface area contributed by atoms with Gasteiger partial charge in [0.2, 0.25) is 5.12 Å². The molecule has 0 bridgehead atoms. The van der Waals surface area contributed by atoms with Crippen LogP contribution in [0.3, 0.4) is 0 Å². The normalized spacial score (nSPS) is 10.1. The van der Waals surface area contributed by atoms with E-state index in [0.29, 0.717) is 12.8 Å². The van der Waals surface area contributed by atoms with Gasteiger partial charge in [-0.1, -0.05) is 0 Å². The highest BCUT2D eigenvalue weighted by molar-refractivity contribution is 8.09. The van der Waals surface area contributed by atoms with Gasteiger partial charge in [0.15, 0.2) is 0 Å². The summed E-state index contributed by atoms with van der Waals surface area (Å²) >= 11 is 0.880. The van der Waals surface area contributed by atoms with E-state index in [1.165, 1.54) is 7.11 Å². The highest BCUT2D eigenvalue weighted by Crippen LogP contribution is 2.07. The van der Waals surface area contributed by atoms with E-state index in [4.69, 9.17) is 0 Å². The lowest BCUT2D eigenvalue weighted by Gasteiger charge is -1.95. The fourth-order valence-electron chi connectivity index (χ4n) is 0.793. The summed E-state index contributed by atoms with van der Waals surface area (Å²) < 4.78 is 4.61. The van der Waals surface area contributed by atoms with Gasteiger partial charge >= 0.3 is 0 Å². The van der Waals surface area contributed by atoms with Crippen molar-refractivity contribution in [1.29, 1.82) is 0 Å². The molecular formula is C7H10N2O2S. The average molecular weight is 186 g/mol. The molecule has 1 aromatic heterocycles. The Morgan fingerprint density at radius 3 is 3.25 bits per heavy atom. The van der Waals surface area contributed by atoms with Gasteiger partial charge in [0.05, 0.1) is 25.5 Å². The van der Waals surface area contributed by atoms with Gasteiger partial charge in [-0.05, 0) is 6.42 Å². The molecule has 0 saturated carbocycles. The molecule has 0 aromatic carbocycles. The molecular weight excluding hydrogens is 176 g/mol. The highest BCUT2D eigenvalue weighted by atomic mass is 32.2. The zero-order valence-electron chi connectivity index (χ0n) is 6.74. The van der Waals surface area contributed by atoms with Crippen molar-refractivity contribution in [3.63, 3.8) is 0 Å². The quantitative estimate of drug-likeness (QED) is 0.717. The van der Waals surface area contributed by atoms with E-state index in [1.54, 1.807) is 12.5 Å². The summed E-state index contributed by atoms with van der Waals surface area (Å²) in [6, 6.07) is 0. The van der Waals surface area contributed by atoms with Crippen molar-refractivity contribution in [2.24, 2.45) is 0 Å². The Labute approximate surface area is 74.9 Å². The van der Waals surface area contributed by atoms with E-state index < -0.39 is 0 Å². The van der Waals surface area contributed by atoms with Crippen LogP contribution in [0.5, 0.6) is 0 Å². The van der Waals surface area contributed by atoms with Crippen molar-refractivity contribution in [1.82, 2.24) is 9.97 Å². The first-order valence-corrected chi connectivity index (χ1v) is 4.28. The van der Waals surface area contributed by atoms with Crippen LogP contribution in [0.2, 0.25) is 0 Å². The second-order valence-electron chi connectivity index (χ2n) is 2.20. The van der Waals surface area contributed by atoms with Crippen LogP contribution >= 0.6 is 12.0 Å². The van der Waals surface area contributed by atoms with E-state index in [0.717, 1.165) is 17.7 Å². The molecule has 1 N–H and O–H groups in total. The summed E-state index contributed by atoms with van der Waals surface area (Å²) in [4.78, 5) is 17.7. The number of imidazole rings is 1. The SMILES string of the molecule is COSC(=O)CCc1cnc[nH]1. The third-order valence-corrected chi connectivity index (χ3v) is 1.89. The predicted octanol–water partition coefficient (Wildman–Crippen LogP) is 1.16. The van der Waals surface area contributed by atoms with E-state index in [1.807, 2.05) is 0 Å². The van der Waals surface area contributed by atoms with Crippen LogP contribution in [0, 0.1) is 0 Å². The standard InChI is InChI=1S/C7H10N2O2S/c1-11-12-7(10)3-2-6-4-8-5-9-6/h4-5H,2-3H2,1H3,(H,8,9). The Bertz CT molecular complexity index is 236. The van der Waals surface area contributed by atoms with Gasteiger partial charge in [0, 0.05) is 18.3 Å². The summed E-state index contributed by atoms with van der Waals surface area (Å²) in [5, 5.41) is 0.0344. The van der Waals surface area contributed by atoms with Gasteiger partial charge in [0.1, 0.15) is 0 Å². The second-order valence-corrected chi connectivity index (χ2v) is 3.15. The molecule has 12 heavy (non-hydrogen) atoms. The van der Waals surface area contributed by atoms with Gasteiger partial charge in [-0.15, -0.1) is 0 Å². The lowest BCUT2D eigenvalue weighted by atomic mass is 10.3. The molecule has 1 heterocycles. The Morgan fingerprint density at radius 1 is 1.83 bits per heavy atom. The predicted molar refractivity (Wildman–Crippen MR) is 46.5 cm³/mol. The molecule has 0 spiro atoms. The Hall–Kier alpha value is -0.810. The van der Waals surface area contributed by atoms with Crippen LogP contribution in [0.25, 0.3) is 0 Å². The minimum absolute atomic E-state index is 0.0344. The van der Waals surface area contributed by atoms with Crippen LogP contribution < -0.4 is 0 Å². The topological polar surface area (TPSA) is 55.0 Å². The molecule has 66 valence electrons. The van der Waals surface area contributed by atoms with E-state index in [2.05, 4.69) is 14.2 Å². The van der Waals surface area contributed by atoms with Crippen molar-refractivity contribution in [3.8, 4) is 0 Å². The number of aromatic nitrogens is 2. The minimum atomic E-state index is 0.0344. The first kappa shape index (κ1) is 9.28. The molecule has 0 fully saturated rings. The number of rotatable bonds is 4. The van der Waals surface area contributed by atoms with Gasteiger partial charge < -0.3 is 9.17 Å². The first-order chi connectivity index (χ1) is 5.83. The molecule has 0 aliphatic heterocycles. The summed E-state index contributed by atoms with van der Waals surface area (Å²) in [6.45, 7) is 0. The fourth-order valence-corrected chi connectivity index (χ4v) is 1.16. The molecule has 0 radical (unpaired) electrons. The molecule has 1 aromatic rings. The van der Waals surface area contributed by atoms with E-state index >= 15 is 0 Å². The van der Waals surface area contributed by atoms with Crippen LogP contribution in [0.4, 0.5) is 0 Å². The lowest BCUT2D eigenvalue weighted by Crippen LogP contribution is -1.95. The maximum Gasteiger partial charge on any atom is 0.215 e. The maximum atomic E-state index is 10.9. The zero-order chi connectivity index (χ0) is 8.81. The summed E-state index contributed by atoms with van der Waals surface area (Å²) in [7, 11) is 1.48. The Morgan fingerprint density at radius 2 is 2.67 bits per heavy atom. The number of hydrogen-bond donors (Lipinski definition) is 1. The zero-order valence-corrected chi connectivity index (χ0v) is 7.56. The largest absolute Gasteiger partial charge is 0.348 e. The number of carbonyl (C=O) groups excluding carboxylic acids is 1. The van der Waals surface area contributed by atoms with Gasteiger partial charge in [-0.25, -0.2) is 4.98 Å². The summed E-state index contributed by atoms with van der Waals surface area (Å²) in [6.07, 6.45) is 4.48. The van der Waals surface area contributed by atoms with Crippen molar-refractivity contribution >= 4 is 17.2 Å². The van der Waals surface area contributed by atoms with Crippen molar-refractivity contribution in [2.75, 3.05) is 7.11 Å². The van der Waals surface area contributed by atoms with Crippen molar-refractivity contribution in [3.05, 3.63) is 18.2 Å². The Balaban J connectivity index is 2.22. The van der Waals surface area contributed by atoms with Crippen LogP contribution in [-0.4, -0.2) is 22.2 Å². The molecule has 4 nitrogen and oxygen atoms in total. The average Bonchev–Trinajstić information content (AvgIpc) is 2.53. The number of carbonyl (C=O) groups is 1. The Kier molecular flexibility index (Phi) is 3.83. The monoisotopic (exact) mass is 186 g/mol. The second kappa shape index (κ2) is 4.95. The number of H-pyrrole nitrogens is 1. The van der Waals surface area contributed by atoms with Crippen molar-refractivity contribution < 1.29 is 8.98 Å². The smallest absolute Gasteiger partial charge is 0.215 e. The van der Waals surface area contributed by atoms with Crippen LogP contribution in [0.15, 0.2) is 12.5 Å². The van der Waals surface area contributed by atoms with Crippen LogP contribution in [0.1, 0.15) is 12.1 Å². The van der Waals surface area contributed by atoms with Crippen LogP contribution in [-0.2, 0) is 15.4 Å². The van der Waals surface area contributed by atoms with Gasteiger partial charge in [-0.2, -0.15) is 0 Å². The third kappa shape index (κ3) is 3.06. The highest BCUT2D eigenvalue weighted by Gasteiger charge is 2.03. The number of nitrogens with zero attached hydrogens (tertiary/aromatic N) is 1. The summed E-state index contributed by atoms with van der Waals surface area (Å²) in [5.74, 6) is 0. The molecule has 0 amide bonds. The number of aromatic amines is 1.